The molecule has 0 N–H and O–H groups in total. The Morgan fingerprint density at radius 3 is 2.33 bits per heavy atom. The van der Waals surface area contributed by atoms with E-state index in [1.165, 1.54) is 5.01 Å². The van der Waals surface area contributed by atoms with Crippen molar-refractivity contribution in [1.82, 2.24) is 5.01 Å². The molecule has 0 aliphatic heterocycles. The minimum atomic E-state index is -1.66. The number of alkyl halides is 3. The molecule has 0 bridgehead atoms. The molecule has 7 heteroatoms. The molecular formula is C11H14Cl3N3O. The molecule has 1 rings (SSSR count). The van der Waals surface area contributed by atoms with Gasteiger partial charge in [0.15, 0.2) is 5.69 Å². The zero-order chi connectivity index (χ0) is 13.9. The van der Waals surface area contributed by atoms with Gasteiger partial charge in [0, 0.05) is 0 Å². The molecule has 0 saturated heterocycles. The van der Waals surface area contributed by atoms with Gasteiger partial charge in [-0.2, -0.15) is 5.01 Å². The van der Waals surface area contributed by atoms with Gasteiger partial charge >= 0.3 is 0 Å². The monoisotopic (exact) mass is 309 g/mol. The number of rotatable bonds is 3. The van der Waals surface area contributed by atoms with E-state index in [-0.39, 0.29) is 11.7 Å². The summed E-state index contributed by atoms with van der Waals surface area (Å²) in [5.74, 6) is 0. The Kier molecular flexibility index (Phi) is 5.08. The van der Waals surface area contributed by atoms with Crippen LogP contribution in [0.3, 0.4) is 0 Å². The summed E-state index contributed by atoms with van der Waals surface area (Å²) >= 11 is 17.5. The Balaban J connectivity index is 3.18. The first-order valence-corrected chi connectivity index (χ1v) is 6.44. The van der Waals surface area contributed by atoms with Crippen molar-refractivity contribution >= 4 is 40.5 Å². The highest BCUT2D eigenvalue weighted by Gasteiger charge is 2.28. The summed E-state index contributed by atoms with van der Waals surface area (Å²) in [6, 6.07) is 6.62. The number of para-hydroxylation sites is 1. The number of hydrogen-bond acceptors (Lipinski definition) is 2. The molecule has 0 radical (unpaired) electrons. The molecular weight excluding hydrogens is 296 g/mol. The van der Waals surface area contributed by atoms with Crippen LogP contribution in [0, 0.1) is 5.21 Å². The molecule has 0 amide bonds. The van der Waals surface area contributed by atoms with Crippen LogP contribution in [-0.2, 0) is 3.79 Å². The van der Waals surface area contributed by atoms with E-state index in [0.717, 1.165) is 0 Å². The van der Waals surface area contributed by atoms with Gasteiger partial charge in [0.2, 0.25) is 3.79 Å². The molecule has 0 saturated carbocycles. The molecule has 18 heavy (non-hydrogen) atoms. The fourth-order valence-corrected chi connectivity index (χ4v) is 1.64. The molecule has 0 aliphatic rings. The second-order valence-electron chi connectivity index (χ2n) is 4.04. The standard InChI is InChI=1S/C11H14Cl3N3O/c1-8(2)16(3)15-17(18)10-7-5-4-6-9(10)11(12,13)14/h4-8H,1-3H3. The molecule has 0 fully saturated rings. The first-order valence-electron chi connectivity index (χ1n) is 5.31. The second kappa shape index (κ2) is 5.95. The van der Waals surface area contributed by atoms with E-state index in [1.807, 2.05) is 13.8 Å². The number of benzene rings is 1. The molecule has 0 atom stereocenters. The lowest BCUT2D eigenvalue weighted by molar-refractivity contribution is -0.462. The highest BCUT2D eigenvalue weighted by Crippen LogP contribution is 2.42. The lowest BCUT2D eigenvalue weighted by atomic mass is 10.2. The van der Waals surface area contributed by atoms with Crippen molar-refractivity contribution in [2.24, 2.45) is 5.22 Å². The Hall–Kier alpha value is -0.710. The first kappa shape index (κ1) is 15.3. The van der Waals surface area contributed by atoms with Crippen LogP contribution >= 0.6 is 34.8 Å². The Bertz CT molecular complexity index is 443. The zero-order valence-electron chi connectivity index (χ0n) is 10.3. The van der Waals surface area contributed by atoms with Crippen molar-refractivity contribution in [3.05, 3.63) is 35.0 Å². The van der Waals surface area contributed by atoms with Gasteiger partial charge in [-0.1, -0.05) is 53.0 Å². The van der Waals surface area contributed by atoms with E-state index >= 15 is 0 Å². The van der Waals surface area contributed by atoms with Crippen molar-refractivity contribution in [2.75, 3.05) is 7.05 Å². The molecule has 1 aromatic carbocycles. The summed E-state index contributed by atoms with van der Waals surface area (Å²) in [6.45, 7) is 3.83. The summed E-state index contributed by atoms with van der Waals surface area (Å²) in [5, 5.41) is 17.3. The van der Waals surface area contributed by atoms with Gasteiger partial charge in [-0.05, 0) is 19.9 Å². The third-order valence-corrected chi connectivity index (χ3v) is 3.00. The van der Waals surface area contributed by atoms with Gasteiger partial charge in [-0.25, -0.2) is 0 Å². The third kappa shape index (κ3) is 3.90. The zero-order valence-corrected chi connectivity index (χ0v) is 12.5. The quantitative estimate of drug-likeness (QED) is 0.360. The maximum absolute atomic E-state index is 12.0. The van der Waals surface area contributed by atoms with Crippen LogP contribution < -0.4 is 0 Å². The minimum Gasteiger partial charge on any atom is -0.691 e. The van der Waals surface area contributed by atoms with Gasteiger partial charge in [0.25, 0.3) is 0 Å². The Morgan fingerprint density at radius 1 is 1.28 bits per heavy atom. The maximum Gasteiger partial charge on any atom is 0.220 e. The molecule has 100 valence electrons. The van der Waals surface area contributed by atoms with Crippen molar-refractivity contribution < 1.29 is 4.86 Å². The largest absolute Gasteiger partial charge is 0.691 e. The number of halogens is 3. The molecule has 0 unspecified atom stereocenters. The molecule has 0 spiro atoms. The van der Waals surface area contributed by atoms with E-state index < -0.39 is 3.79 Å². The summed E-state index contributed by atoms with van der Waals surface area (Å²) in [6.07, 6.45) is 0. The summed E-state index contributed by atoms with van der Waals surface area (Å²) in [5.41, 5.74) is 0.510. The maximum atomic E-state index is 12.0. The number of hydrogen-bond donors (Lipinski definition) is 0. The van der Waals surface area contributed by atoms with Crippen LogP contribution in [0.25, 0.3) is 0 Å². The van der Waals surface area contributed by atoms with Gasteiger partial charge < -0.3 is 5.21 Å². The highest BCUT2D eigenvalue weighted by atomic mass is 35.6. The fourth-order valence-electron chi connectivity index (χ4n) is 1.16. The molecule has 0 aromatic heterocycles. The SMILES string of the molecule is CC(C)N(C)N=[N+]([O-])c1ccccc1C(Cl)(Cl)Cl. The first-order chi connectivity index (χ1) is 8.23. The van der Waals surface area contributed by atoms with Crippen LogP contribution in [0.4, 0.5) is 5.69 Å². The smallest absolute Gasteiger partial charge is 0.220 e. The minimum absolute atomic E-state index is 0.0985. The van der Waals surface area contributed by atoms with Crippen LogP contribution in [0.15, 0.2) is 29.5 Å². The average Bonchev–Trinajstić information content (AvgIpc) is 2.27. The normalized spacial score (nSPS) is 12.9. The van der Waals surface area contributed by atoms with E-state index in [2.05, 4.69) is 5.22 Å². The van der Waals surface area contributed by atoms with Crippen LogP contribution in [0.1, 0.15) is 19.4 Å². The van der Waals surface area contributed by atoms with Crippen LogP contribution in [0.2, 0.25) is 0 Å². The van der Waals surface area contributed by atoms with E-state index in [9.17, 15) is 5.21 Å². The van der Waals surface area contributed by atoms with E-state index in [0.29, 0.717) is 10.4 Å². The lowest BCUT2D eigenvalue weighted by Gasteiger charge is -2.18. The van der Waals surface area contributed by atoms with Crippen molar-refractivity contribution in [1.29, 1.82) is 0 Å². The third-order valence-electron chi connectivity index (χ3n) is 2.39. The van der Waals surface area contributed by atoms with Crippen molar-refractivity contribution in [3.8, 4) is 0 Å². The van der Waals surface area contributed by atoms with Crippen molar-refractivity contribution in [2.45, 2.75) is 23.7 Å². The van der Waals surface area contributed by atoms with Gasteiger partial charge in [-0.3, -0.25) is 0 Å². The predicted octanol–water partition coefficient (Wildman–Crippen LogP) is 4.36. The molecule has 0 heterocycles. The van der Waals surface area contributed by atoms with Crippen LogP contribution in [0.5, 0.6) is 0 Å². The number of nitrogens with zero attached hydrogens (tertiary/aromatic N) is 3. The summed E-state index contributed by atoms with van der Waals surface area (Å²) in [4.78, 5) is 0.456. The lowest BCUT2D eigenvalue weighted by Crippen LogP contribution is -2.22. The highest BCUT2D eigenvalue weighted by molar-refractivity contribution is 6.67. The molecule has 4 nitrogen and oxygen atoms in total. The second-order valence-corrected chi connectivity index (χ2v) is 6.33. The summed E-state index contributed by atoms with van der Waals surface area (Å²) in [7, 11) is 1.70. The average molecular weight is 311 g/mol. The Labute approximate surface area is 121 Å². The summed E-state index contributed by atoms with van der Waals surface area (Å²) < 4.78 is -1.66. The van der Waals surface area contributed by atoms with E-state index in [1.54, 1.807) is 31.3 Å². The van der Waals surface area contributed by atoms with Crippen molar-refractivity contribution in [3.63, 3.8) is 0 Å². The molecule has 1 aromatic rings. The fraction of sp³-hybridized carbons (Fsp3) is 0.455. The topological polar surface area (TPSA) is 41.7 Å². The van der Waals surface area contributed by atoms with E-state index in [4.69, 9.17) is 34.8 Å². The molecule has 0 aliphatic carbocycles. The predicted molar refractivity (Wildman–Crippen MR) is 74.3 cm³/mol. The van der Waals surface area contributed by atoms with Gasteiger partial charge in [0.1, 0.15) is 6.04 Å². The van der Waals surface area contributed by atoms with Crippen LogP contribution in [-0.4, -0.2) is 23.0 Å². The van der Waals surface area contributed by atoms with Gasteiger partial charge in [0.05, 0.1) is 17.8 Å². The van der Waals surface area contributed by atoms with Gasteiger partial charge in [-0.15, -0.1) is 4.86 Å². The Morgan fingerprint density at radius 2 is 1.83 bits per heavy atom.